The van der Waals surface area contributed by atoms with Crippen LogP contribution in [0.2, 0.25) is 0 Å². The molecule has 1 aromatic rings. The monoisotopic (exact) mass is 285 g/mol. The molecule has 0 aliphatic rings. The summed E-state index contributed by atoms with van der Waals surface area (Å²) in [6.07, 6.45) is 3.21. The molecule has 60 valence electrons. The zero-order valence-corrected chi connectivity index (χ0v) is 9.26. The van der Waals surface area contributed by atoms with Gasteiger partial charge in [-0.1, -0.05) is 31.9 Å². The summed E-state index contributed by atoms with van der Waals surface area (Å²) < 4.78 is 1.99. The molecule has 1 rings (SSSR count). The molecule has 12 heavy (non-hydrogen) atoms. The van der Waals surface area contributed by atoms with Gasteiger partial charge in [-0.2, -0.15) is 5.26 Å². The van der Waals surface area contributed by atoms with E-state index >= 15 is 0 Å². The maximum Gasteiger partial charge on any atom is 0.0912 e. The molecule has 0 amide bonds. The maximum atomic E-state index is 8.31. The van der Waals surface area contributed by atoms with Crippen LogP contribution in [-0.4, -0.2) is 0 Å². The van der Waals surface area contributed by atoms with Gasteiger partial charge >= 0.3 is 0 Å². The van der Waals surface area contributed by atoms with Crippen LogP contribution < -0.4 is 0 Å². The smallest absolute Gasteiger partial charge is 0.0912 e. The van der Waals surface area contributed by atoms with E-state index < -0.39 is 0 Å². The molecule has 3 heteroatoms. The Balaban J connectivity index is 3.03. The molecule has 0 aliphatic heterocycles. The Kier molecular flexibility index (Phi) is 3.51. The Hall–Kier alpha value is -0.590. The fourth-order valence-electron chi connectivity index (χ4n) is 0.805. The predicted molar refractivity (Wildman–Crippen MR) is 56.5 cm³/mol. The van der Waals surface area contributed by atoms with Crippen LogP contribution in [0.5, 0.6) is 0 Å². The molecular formula is C9H5Br2N. The average molecular weight is 287 g/mol. The third-order valence-electron chi connectivity index (χ3n) is 1.24. The summed E-state index contributed by atoms with van der Waals surface area (Å²) in [5.41, 5.74) is 0.998. The van der Waals surface area contributed by atoms with Crippen LogP contribution in [-0.2, 0) is 0 Å². The van der Waals surface area contributed by atoms with Gasteiger partial charge in [0.15, 0.2) is 0 Å². The van der Waals surface area contributed by atoms with Crippen LogP contribution in [0.1, 0.15) is 5.56 Å². The molecule has 1 nitrogen and oxygen atoms in total. The van der Waals surface area contributed by atoms with Crippen LogP contribution in [0, 0.1) is 11.3 Å². The van der Waals surface area contributed by atoms with Gasteiger partial charge in [0.25, 0.3) is 0 Å². The molecule has 0 aliphatic carbocycles. The topological polar surface area (TPSA) is 23.8 Å². The van der Waals surface area contributed by atoms with Crippen molar-refractivity contribution in [1.82, 2.24) is 0 Å². The zero-order valence-electron chi connectivity index (χ0n) is 6.09. The number of halogens is 2. The quantitative estimate of drug-likeness (QED) is 0.722. The summed E-state index contributed by atoms with van der Waals surface area (Å²) in [4.78, 5) is 0. The van der Waals surface area contributed by atoms with E-state index in [1.165, 1.54) is 6.08 Å². The highest BCUT2D eigenvalue weighted by atomic mass is 79.9. The summed E-state index contributed by atoms with van der Waals surface area (Å²) in [5.74, 6) is 0. The molecule has 0 atom stereocenters. The van der Waals surface area contributed by atoms with Crippen LogP contribution in [0.25, 0.3) is 6.08 Å². The van der Waals surface area contributed by atoms with E-state index in [9.17, 15) is 0 Å². The lowest BCUT2D eigenvalue weighted by Gasteiger charge is -1.95. The first-order valence-electron chi connectivity index (χ1n) is 3.24. The SMILES string of the molecule is N#C/C=C/c1cc(Br)cc(Br)c1. The molecule has 0 unspecified atom stereocenters. The van der Waals surface area contributed by atoms with Crippen molar-refractivity contribution in [3.8, 4) is 6.07 Å². The second-order valence-corrected chi connectivity index (χ2v) is 4.00. The van der Waals surface area contributed by atoms with Gasteiger partial charge in [-0.05, 0) is 29.8 Å². The van der Waals surface area contributed by atoms with Crippen molar-refractivity contribution in [1.29, 1.82) is 5.26 Å². The number of nitrogens with zero attached hydrogens (tertiary/aromatic N) is 1. The van der Waals surface area contributed by atoms with Crippen molar-refractivity contribution < 1.29 is 0 Å². The van der Waals surface area contributed by atoms with Crippen molar-refractivity contribution in [2.75, 3.05) is 0 Å². The summed E-state index contributed by atoms with van der Waals surface area (Å²) in [5, 5.41) is 8.31. The normalized spacial score (nSPS) is 10.1. The Labute approximate surface area is 88.0 Å². The van der Waals surface area contributed by atoms with Crippen LogP contribution >= 0.6 is 31.9 Å². The summed E-state index contributed by atoms with van der Waals surface area (Å²) in [6, 6.07) is 7.78. The Morgan fingerprint density at radius 1 is 1.17 bits per heavy atom. The van der Waals surface area contributed by atoms with E-state index in [1.54, 1.807) is 6.08 Å². The molecule has 1 aromatic carbocycles. The van der Waals surface area contributed by atoms with Crippen LogP contribution in [0.3, 0.4) is 0 Å². The van der Waals surface area contributed by atoms with Gasteiger partial charge in [0.2, 0.25) is 0 Å². The Morgan fingerprint density at radius 3 is 2.25 bits per heavy atom. The molecule has 0 spiro atoms. The molecule has 0 N–H and O–H groups in total. The highest BCUT2D eigenvalue weighted by Gasteiger charge is 1.93. The molecule has 0 heterocycles. The lowest BCUT2D eigenvalue weighted by molar-refractivity contribution is 1.53. The van der Waals surface area contributed by atoms with E-state index in [0.717, 1.165) is 14.5 Å². The number of nitriles is 1. The lowest BCUT2D eigenvalue weighted by Crippen LogP contribution is -1.73. The average Bonchev–Trinajstić information content (AvgIpc) is 1.99. The number of benzene rings is 1. The summed E-state index contributed by atoms with van der Waals surface area (Å²) in [6.45, 7) is 0. The number of allylic oxidation sites excluding steroid dienone is 1. The fraction of sp³-hybridized carbons (Fsp3) is 0. The predicted octanol–water partition coefficient (Wildman–Crippen LogP) is 3.75. The minimum Gasteiger partial charge on any atom is -0.193 e. The molecule has 0 fully saturated rings. The Bertz CT molecular complexity index is 330. The second kappa shape index (κ2) is 4.44. The largest absolute Gasteiger partial charge is 0.193 e. The molecular weight excluding hydrogens is 282 g/mol. The van der Waals surface area contributed by atoms with Crippen molar-refractivity contribution in [3.63, 3.8) is 0 Å². The fourth-order valence-corrected chi connectivity index (χ4v) is 2.13. The van der Waals surface area contributed by atoms with E-state index in [0.29, 0.717) is 0 Å². The molecule has 0 saturated carbocycles. The highest BCUT2D eigenvalue weighted by Crippen LogP contribution is 2.20. The van der Waals surface area contributed by atoms with Crippen LogP contribution in [0.4, 0.5) is 0 Å². The van der Waals surface area contributed by atoms with Crippen molar-refractivity contribution >= 4 is 37.9 Å². The first kappa shape index (κ1) is 9.50. The minimum absolute atomic E-state index is 0.995. The van der Waals surface area contributed by atoms with E-state index in [1.807, 2.05) is 24.3 Å². The van der Waals surface area contributed by atoms with Crippen LogP contribution in [0.15, 0.2) is 33.2 Å². The van der Waals surface area contributed by atoms with Gasteiger partial charge in [-0.3, -0.25) is 0 Å². The van der Waals surface area contributed by atoms with Gasteiger partial charge in [0.05, 0.1) is 6.07 Å². The lowest BCUT2D eigenvalue weighted by atomic mass is 10.2. The number of hydrogen-bond acceptors (Lipinski definition) is 1. The highest BCUT2D eigenvalue weighted by molar-refractivity contribution is 9.11. The van der Waals surface area contributed by atoms with Gasteiger partial charge in [0.1, 0.15) is 0 Å². The minimum atomic E-state index is 0.995. The second-order valence-electron chi connectivity index (χ2n) is 2.17. The van der Waals surface area contributed by atoms with Gasteiger partial charge in [-0.25, -0.2) is 0 Å². The standard InChI is InChI=1S/C9H5Br2N/c10-8-4-7(2-1-3-12)5-9(11)6-8/h1-2,4-6H/b2-1+. The molecule has 0 bridgehead atoms. The maximum absolute atomic E-state index is 8.31. The third kappa shape index (κ3) is 2.80. The molecule has 0 saturated heterocycles. The van der Waals surface area contributed by atoms with Gasteiger partial charge < -0.3 is 0 Å². The first-order valence-corrected chi connectivity index (χ1v) is 4.83. The van der Waals surface area contributed by atoms with Crippen molar-refractivity contribution in [3.05, 3.63) is 38.8 Å². The number of hydrogen-bond donors (Lipinski definition) is 0. The first-order chi connectivity index (χ1) is 5.72. The van der Waals surface area contributed by atoms with Gasteiger partial charge in [0, 0.05) is 15.0 Å². The Morgan fingerprint density at radius 2 is 1.75 bits per heavy atom. The molecule has 0 aromatic heterocycles. The number of rotatable bonds is 1. The van der Waals surface area contributed by atoms with Gasteiger partial charge in [-0.15, -0.1) is 0 Å². The van der Waals surface area contributed by atoms with E-state index in [-0.39, 0.29) is 0 Å². The molecule has 0 radical (unpaired) electrons. The summed E-state index contributed by atoms with van der Waals surface area (Å²) >= 11 is 6.72. The van der Waals surface area contributed by atoms with Crippen molar-refractivity contribution in [2.24, 2.45) is 0 Å². The van der Waals surface area contributed by atoms with Crippen molar-refractivity contribution in [2.45, 2.75) is 0 Å². The van der Waals surface area contributed by atoms with E-state index in [2.05, 4.69) is 31.9 Å². The zero-order chi connectivity index (χ0) is 8.97. The van der Waals surface area contributed by atoms with E-state index in [4.69, 9.17) is 5.26 Å². The summed E-state index contributed by atoms with van der Waals surface area (Å²) in [7, 11) is 0. The third-order valence-corrected chi connectivity index (χ3v) is 2.15.